The molecule has 0 saturated heterocycles. The van der Waals surface area contributed by atoms with Gasteiger partial charge >= 0.3 is 5.97 Å². The number of aromatic nitrogens is 1. The molecule has 0 aliphatic heterocycles. The Labute approximate surface area is 118 Å². The van der Waals surface area contributed by atoms with Gasteiger partial charge < -0.3 is 13.7 Å². The van der Waals surface area contributed by atoms with Crippen molar-refractivity contribution in [1.29, 1.82) is 0 Å². The molecule has 0 aliphatic carbocycles. The summed E-state index contributed by atoms with van der Waals surface area (Å²) < 4.78 is 15.3. The Morgan fingerprint density at radius 1 is 1.29 bits per heavy atom. The van der Waals surface area contributed by atoms with Crippen LogP contribution in [0.5, 0.6) is 5.75 Å². The van der Waals surface area contributed by atoms with E-state index in [1.807, 2.05) is 0 Å². The highest BCUT2D eigenvalue weighted by atomic mass is 16.5. The summed E-state index contributed by atoms with van der Waals surface area (Å²) in [6, 6.07) is 4.72. The van der Waals surface area contributed by atoms with Crippen molar-refractivity contribution in [2.45, 2.75) is 13.8 Å². The molecule has 0 fully saturated rings. The zero-order chi connectivity index (χ0) is 15.0. The Bertz CT molecular complexity index is 877. The van der Waals surface area contributed by atoms with Crippen LogP contribution in [0.1, 0.15) is 12.5 Å². The standard InChI is InChI=1S/C15H11NO5/c1-8-13(21-9(2)17)4-3-10-14(18)11(7-19-15(8)10)12-5-6-20-16-12/h3-7H,1-2H3. The second-order valence-electron chi connectivity index (χ2n) is 4.52. The molecular weight excluding hydrogens is 274 g/mol. The molecule has 21 heavy (non-hydrogen) atoms. The lowest BCUT2D eigenvalue weighted by atomic mass is 10.1. The first-order valence-corrected chi connectivity index (χ1v) is 6.22. The molecule has 0 amide bonds. The molecule has 1 aromatic carbocycles. The van der Waals surface area contributed by atoms with Crippen LogP contribution in [0, 0.1) is 6.92 Å². The van der Waals surface area contributed by atoms with E-state index in [4.69, 9.17) is 13.7 Å². The Morgan fingerprint density at radius 3 is 2.76 bits per heavy atom. The molecule has 0 unspecified atom stereocenters. The highest BCUT2D eigenvalue weighted by molar-refractivity contribution is 5.85. The third kappa shape index (κ3) is 2.20. The lowest BCUT2D eigenvalue weighted by Crippen LogP contribution is -2.07. The zero-order valence-electron chi connectivity index (χ0n) is 11.4. The Hall–Kier alpha value is -2.89. The number of aryl methyl sites for hydroxylation is 1. The first kappa shape index (κ1) is 13.1. The van der Waals surface area contributed by atoms with Crippen LogP contribution in [0.3, 0.4) is 0 Å². The maximum atomic E-state index is 12.5. The van der Waals surface area contributed by atoms with Gasteiger partial charge in [-0.2, -0.15) is 0 Å². The Morgan fingerprint density at radius 2 is 2.10 bits per heavy atom. The van der Waals surface area contributed by atoms with E-state index in [9.17, 15) is 9.59 Å². The minimum Gasteiger partial charge on any atom is -0.463 e. The zero-order valence-corrected chi connectivity index (χ0v) is 11.4. The Balaban J connectivity index is 2.22. The van der Waals surface area contributed by atoms with Gasteiger partial charge in [0.15, 0.2) is 0 Å². The first-order chi connectivity index (χ1) is 10.1. The fraction of sp³-hybridized carbons (Fsp3) is 0.133. The van der Waals surface area contributed by atoms with Crippen molar-refractivity contribution in [2.75, 3.05) is 0 Å². The molecule has 3 rings (SSSR count). The van der Waals surface area contributed by atoms with Gasteiger partial charge in [-0.1, -0.05) is 5.16 Å². The van der Waals surface area contributed by atoms with E-state index >= 15 is 0 Å². The molecule has 106 valence electrons. The second-order valence-corrected chi connectivity index (χ2v) is 4.52. The average Bonchev–Trinajstić information content (AvgIpc) is 2.96. The van der Waals surface area contributed by atoms with E-state index in [0.29, 0.717) is 33.5 Å². The van der Waals surface area contributed by atoms with Crippen molar-refractivity contribution in [1.82, 2.24) is 5.16 Å². The van der Waals surface area contributed by atoms with Gasteiger partial charge in [-0.05, 0) is 19.1 Å². The number of hydrogen-bond acceptors (Lipinski definition) is 6. The molecule has 6 nitrogen and oxygen atoms in total. The fourth-order valence-electron chi connectivity index (χ4n) is 2.11. The number of nitrogens with zero attached hydrogens (tertiary/aromatic N) is 1. The largest absolute Gasteiger partial charge is 0.463 e. The molecule has 0 radical (unpaired) electrons. The van der Waals surface area contributed by atoms with E-state index in [1.54, 1.807) is 25.1 Å². The summed E-state index contributed by atoms with van der Waals surface area (Å²) in [6.45, 7) is 3.03. The summed E-state index contributed by atoms with van der Waals surface area (Å²) in [5, 5.41) is 4.12. The number of ether oxygens (including phenoxy) is 1. The number of benzene rings is 1. The van der Waals surface area contributed by atoms with Crippen LogP contribution in [-0.4, -0.2) is 11.1 Å². The topological polar surface area (TPSA) is 82.5 Å². The van der Waals surface area contributed by atoms with Gasteiger partial charge in [0.25, 0.3) is 0 Å². The van der Waals surface area contributed by atoms with Crippen molar-refractivity contribution in [3.63, 3.8) is 0 Å². The van der Waals surface area contributed by atoms with E-state index < -0.39 is 5.97 Å². The molecule has 0 atom stereocenters. The van der Waals surface area contributed by atoms with Crippen LogP contribution in [-0.2, 0) is 4.79 Å². The molecule has 6 heteroatoms. The smallest absolute Gasteiger partial charge is 0.308 e. The van der Waals surface area contributed by atoms with E-state index in [2.05, 4.69) is 5.16 Å². The van der Waals surface area contributed by atoms with Crippen LogP contribution < -0.4 is 10.2 Å². The lowest BCUT2D eigenvalue weighted by Gasteiger charge is -2.08. The number of esters is 1. The highest BCUT2D eigenvalue weighted by Gasteiger charge is 2.15. The first-order valence-electron chi connectivity index (χ1n) is 6.22. The lowest BCUT2D eigenvalue weighted by molar-refractivity contribution is -0.131. The third-order valence-electron chi connectivity index (χ3n) is 3.11. The summed E-state index contributed by atoms with van der Waals surface area (Å²) in [5.74, 6) is -0.0636. The average molecular weight is 285 g/mol. The highest BCUT2D eigenvalue weighted by Crippen LogP contribution is 2.27. The van der Waals surface area contributed by atoms with Crippen LogP contribution in [0.4, 0.5) is 0 Å². The van der Waals surface area contributed by atoms with Gasteiger partial charge in [0.05, 0.1) is 10.9 Å². The van der Waals surface area contributed by atoms with Crippen LogP contribution in [0.2, 0.25) is 0 Å². The maximum Gasteiger partial charge on any atom is 0.308 e. The van der Waals surface area contributed by atoms with Gasteiger partial charge in [0, 0.05) is 18.6 Å². The van der Waals surface area contributed by atoms with Crippen molar-refractivity contribution >= 4 is 16.9 Å². The predicted octanol–water partition coefficient (Wildman–Crippen LogP) is 2.68. The molecule has 0 bridgehead atoms. The molecular formula is C15H11NO5. The molecule has 0 saturated carbocycles. The van der Waals surface area contributed by atoms with Crippen LogP contribution in [0.15, 0.2) is 44.5 Å². The quantitative estimate of drug-likeness (QED) is 0.531. The summed E-state index contributed by atoms with van der Waals surface area (Å²) in [5.41, 5.74) is 1.48. The number of fused-ring (bicyclic) bond motifs is 1. The number of carbonyl (C=O) groups is 1. The van der Waals surface area contributed by atoms with Gasteiger partial charge in [0.1, 0.15) is 29.6 Å². The molecule has 0 aliphatic rings. The van der Waals surface area contributed by atoms with E-state index in [0.717, 1.165) is 0 Å². The van der Waals surface area contributed by atoms with Crippen molar-refractivity contribution in [3.8, 4) is 17.0 Å². The summed E-state index contributed by atoms with van der Waals surface area (Å²) in [4.78, 5) is 23.5. The minimum atomic E-state index is -0.431. The fourth-order valence-corrected chi connectivity index (χ4v) is 2.11. The summed E-state index contributed by atoms with van der Waals surface area (Å²) >= 11 is 0. The molecule has 3 aromatic rings. The SMILES string of the molecule is CC(=O)Oc1ccc2c(=O)c(-c3ccon3)coc2c1C. The van der Waals surface area contributed by atoms with Gasteiger partial charge in [0.2, 0.25) is 5.43 Å². The third-order valence-corrected chi connectivity index (χ3v) is 3.11. The maximum absolute atomic E-state index is 12.5. The van der Waals surface area contributed by atoms with Gasteiger partial charge in [-0.15, -0.1) is 0 Å². The van der Waals surface area contributed by atoms with E-state index in [1.165, 1.54) is 19.5 Å². The van der Waals surface area contributed by atoms with Gasteiger partial charge in [-0.3, -0.25) is 9.59 Å². The van der Waals surface area contributed by atoms with Crippen molar-refractivity contribution < 1.29 is 18.5 Å². The molecule has 2 heterocycles. The minimum absolute atomic E-state index is 0.220. The van der Waals surface area contributed by atoms with Crippen LogP contribution in [0.25, 0.3) is 22.2 Å². The molecule has 2 aromatic heterocycles. The Kier molecular flexibility index (Phi) is 3.06. The number of hydrogen-bond donors (Lipinski definition) is 0. The van der Waals surface area contributed by atoms with Gasteiger partial charge in [-0.25, -0.2) is 0 Å². The normalized spacial score (nSPS) is 10.8. The summed E-state index contributed by atoms with van der Waals surface area (Å²) in [6.07, 6.45) is 2.71. The summed E-state index contributed by atoms with van der Waals surface area (Å²) in [7, 11) is 0. The van der Waals surface area contributed by atoms with Crippen LogP contribution >= 0.6 is 0 Å². The van der Waals surface area contributed by atoms with E-state index in [-0.39, 0.29) is 5.43 Å². The predicted molar refractivity (Wildman–Crippen MR) is 74.0 cm³/mol. The molecule has 0 N–H and O–H groups in total. The second kappa shape index (κ2) is 4.90. The number of carbonyl (C=O) groups excluding carboxylic acids is 1. The van der Waals surface area contributed by atoms with Crippen molar-refractivity contribution in [2.24, 2.45) is 0 Å². The monoisotopic (exact) mass is 285 g/mol. The number of rotatable bonds is 2. The van der Waals surface area contributed by atoms with Crippen molar-refractivity contribution in [3.05, 3.63) is 46.5 Å². The molecule has 0 spiro atoms.